The van der Waals surface area contributed by atoms with Crippen molar-refractivity contribution in [3.8, 4) is 0 Å². The Balaban J connectivity index is 2.02. The van der Waals surface area contributed by atoms with E-state index in [0.29, 0.717) is 5.95 Å². The van der Waals surface area contributed by atoms with Gasteiger partial charge in [-0.25, -0.2) is 4.98 Å². The van der Waals surface area contributed by atoms with Crippen LogP contribution >= 0.6 is 11.3 Å². The fourth-order valence-corrected chi connectivity index (χ4v) is 3.88. The summed E-state index contributed by atoms with van der Waals surface area (Å²) in [6.07, 6.45) is 4.30. The van der Waals surface area contributed by atoms with Gasteiger partial charge in [-0.2, -0.15) is 4.98 Å². The molecule has 2 heterocycles. The summed E-state index contributed by atoms with van der Waals surface area (Å²) in [7, 11) is 0. The van der Waals surface area contributed by atoms with E-state index in [2.05, 4.69) is 33.6 Å². The van der Waals surface area contributed by atoms with E-state index in [1.54, 1.807) is 11.3 Å². The van der Waals surface area contributed by atoms with Crippen LogP contribution in [0.25, 0.3) is 10.2 Å². The number of aliphatic hydroxyl groups excluding tert-OH is 1. The summed E-state index contributed by atoms with van der Waals surface area (Å²) in [5.74, 6) is 1.50. The molecule has 0 bridgehead atoms. The molecule has 1 fully saturated rings. The summed E-state index contributed by atoms with van der Waals surface area (Å²) in [6.45, 7) is 5.06. The van der Waals surface area contributed by atoms with Gasteiger partial charge in [0.1, 0.15) is 10.6 Å². The average molecular weight is 306 g/mol. The Morgan fingerprint density at radius 1 is 1.33 bits per heavy atom. The molecular formula is C15H22N4OS. The molecule has 0 aliphatic heterocycles. The predicted octanol–water partition coefficient (Wildman–Crippen LogP) is 3.15. The summed E-state index contributed by atoms with van der Waals surface area (Å²) in [6, 6.07) is 2.12. The number of nitrogens with zero attached hydrogens (tertiary/aromatic N) is 2. The molecule has 0 unspecified atom stereocenters. The van der Waals surface area contributed by atoms with E-state index in [0.717, 1.165) is 48.3 Å². The van der Waals surface area contributed by atoms with Gasteiger partial charge < -0.3 is 15.7 Å². The van der Waals surface area contributed by atoms with E-state index in [1.807, 2.05) is 6.92 Å². The summed E-state index contributed by atoms with van der Waals surface area (Å²) in [5, 5.41) is 17.6. The average Bonchev–Trinajstić information content (AvgIpc) is 3.06. The molecule has 0 atom stereocenters. The molecule has 0 radical (unpaired) electrons. The summed E-state index contributed by atoms with van der Waals surface area (Å²) in [5.41, 5.74) is -0.222. The van der Waals surface area contributed by atoms with E-state index in [9.17, 15) is 5.11 Å². The second-order valence-corrected chi connectivity index (χ2v) is 7.01. The smallest absolute Gasteiger partial charge is 0.226 e. The number of thiophene rings is 1. The summed E-state index contributed by atoms with van der Waals surface area (Å²) in [4.78, 5) is 11.4. The quantitative estimate of drug-likeness (QED) is 0.791. The third-order valence-electron chi connectivity index (χ3n) is 4.10. The number of nitrogens with one attached hydrogen (secondary N) is 2. The van der Waals surface area contributed by atoms with Crippen molar-refractivity contribution < 1.29 is 5.11 Å². The Bertz CT molecular complexity index is 634. The minimum absolute atomic E-state index is 0.151. The Kier molecular flexibility index (Phi) is 3.99. The third kappa shape index (κ3) is 2.82. The molecule has 3 rings (SSSR count). The Hall–Kier alpha value is -1.40. The molecule has 2 aromatic rings. The SMILES string of the molecule is CCNc1nc(NC2(CO)CCCC2)c2cc(C)sc2n1. The molecule has 0 saturated heterocycles. The number of rotatable bonds is 5. The maximum absolute atomic E-state index is 9.81. The minimum atomic E-state index is -0.222. The van der Waals surface area contributed by atoms with Crippen LogP contribution in [0.5, 0.6) is 0 Å². The Morgan fingerprint density at radius 2 is 2.10 bits per heavy atom. The Labute approximate surface area is 128 Å². The lowest BCUT2D eigenvalue weighted by molar-refractivity contribution is 0.214. The highest BCUT2D eigenvalue weighted by molar-refractivity contribution is 7.18. The lowest BCUT2D eigenvalue weighted by atomic mass is 9.99. The van der Waals surface area contributed by atoms with Crippen molar-refractivity contribution >= 4 is 33.3 Å². The molecule has 1 aliphatic carbocycles. The lowest BCUT2D eigenvalue weighted by Crippen LogP contribution is -2.39. The molecule has 2 aromatic heterocycles. The van der Waals surface area contributed by atoms with Gasteiger partial charge in [-0.15, -0.1) is 11.3 Å². The molecule has 1 aliphatic rings. The third-order valence-corrected chi connectivity index (χ3v) is 5.04. The van der Waals surface area contributed by atoms with Crippen molar-refractivity contribution in [1.82, 2.24) is 9.97 Å². The number of fused-ring (bicyclic) bond motifs is 1. The first kappa shape index (κ1) is 14.5. The molecular weight excluding hydrogens is 284 g/mol. The van der Waals surface area contributed by atoms with Crippen molar-refractivity contribution in [2.45, 2.75) is 45.1 Å². The topological polar surface area (TPSA) is 70.1 Å². The lowest BCUT2D eigenvalue weighted by Gasteiger charge is -2.29. The van der Waals surface area contributed by atoms with Crippen LogP contribution in [0, 0.1) is 6.92 Å². The van der Waals surface area contributed by atoms with Crippen LogP contribution < -0.4 is 10.6 Å². The molecule has 1 saturated carbocycles. The molecule has 6 heteroatoms. The first-order valence-corrected chi connectivity index (χ1v) is 8.38. The highest BCUT2D eigenvalue weighted by Gasteiger charge is 2.34. The van der Waals surface area contributed by atoms with Crippen LogP contribution in [0.4, 0.5) is 11.8 Å². The van der Waals surface area contributed by atoms with Crippen molar-refractivity contribution in [3.05, 3.63) is 10.9 Å². The highest BCUT2D eigenvalue weighted by Crippen LogP contribution is 2.36. The van der Waals surface area contributed by atoms with Crippen LogP contribution in [0.15, 0.2) is 6.07 Å². The van der Waals surface area contributed by atoms with Crippen molar-refractivity contribution in [3.63, 3.8) is 0 Å². The Morgan fingerprint density at radius 3 is 2.76 bits per heavy atom. The fourth-order valence-electron chi connectivity index (χ4n) is 3.00. The number of anilines is 2. The number of hydrogen-bond donors (Lipinski definition) is 3. The van der Waals surface area contributed by atoms with Gasteiger partial charge in [-0.3, -0.25) is 0 Å². The van der Waals surface area contributed by atoms with Crippen molar-refractivity contribution in [1.29, 1.82) is 0 Å². The normalized spacial score (nSPS) is 17.3. The molecule has 0 amide bonds. The zero-order chi connectivity index (χ0) is 14.9. The second-order valence-electron chi connectivity index (χ2n) is 5.77. The largest absolute Gasteiger partial charge is 0.394 e. The maximum Gasteiger partial charge on any atom is 0.226 e. The van der Waals surface area contributed by atoms with E-state index in [-0.39, 0.29) is 12.1 Å². The van der Waals surface area contributed by atoms with Gasteiger partial charge in [0.05, 0.1) is 17.5 Å². The zero-order valence-electron chi connectivity index (χ0n) is 12.6. The number of aromatic nitrogens is 2. The van der Waals surface area contributed by atoms with E-state index in [1.165, 1.54) is 4.88 Å². The first-order chi connectivity index (χ1) is 10.2. The number of hydrogen-bond acceptors (Lipinski definition) is 6. The monoisotopic (exact) mass is 306 g/mol. The van der Waals surface area contributed by atoms with Crippen LogP contribution in [-0.2, 0) is 0 Å². The number of aliphatic hydroxyl groups is 1. The van der Waals surface area contributed by atoms with E-state index >= 15 is 0 Å². The number of aryl methyl sites for hydroxylation is 1. The van der Waals surface area contributed by atoms with Gasteiger partial charge in [0.15, 0.2) is 0 Å². The van der Waals surface area contributed by atoms with Gasteiger partial charge >= 0.3 is 0 Å². The van der Waals surface area contributed by atoms with Crippen molar-refractivity contribution in [2.75, 3.05) is 23.8 Å². The summed E-state index contributed by atoms with van der Waals surface area (Å²) < 4.78 is 0. The van der Waals surface area contributed by atoms with E-state index in [4.69, 9.17) is 0 Å². The van der Waals surface area contributed by atoms with E-state index < -0.39 is 0 Å². The van der Waals surface area contributed by atoms with Gasteiger partial charge in [0.2, 0.25) is 5.95 Å². The van der Waals surface area contributed by atoms with Crippen molar-refractivity contribution in [2.24, 2.45) is 0 Å². The van der Waals surface area contributed by atoms with Crippen LogP contribution in [0.2, 0.25) is 0 Å². The molecule has 0 spiro atoms. The van der Waals surface area contributed by atoms with Gasteiger partial charge in [-0.05, 0) is 32.8 Å². The van der Waals surface area contributed by atoms with Crippen LogP contribution in [0.1, 0.15) is 37.5 Å². The second kappa shape index (κ2) is 5.77. The zero-order valence-corrected chi connectivity index (χ0v) is 13.4. The standard InChI is InChI=1S/C15H22N4OS/c1-3-16-14-17-12(11-8-10(2)21-13(11)18-14)19-15(9-20)6-4-5-7-15/h8,20H,3-7,9H2,1-2H3,(H2,16,17,18,19). The highest BCUT2D eigenvalue weighted by atomic mass is 32.1. The van der Waals surface area contributed by atoms with Crippen LogP contribution in [0.3, 0.4) is 0 Å². The van der Waals surface area contributed by atoms with Gasteiger partial charge in [-0.1, -0.05) is 12.8 Å². The summed E-state index contributed by atoms with van der Waals surface area (Å²) >= 11 is 1.68. The van der Waals surface area contributed by atoms with Gasteiger partial charge in [0.25, 0.3) is 0 Å². The fraction of sp³-hybridized carbons (Fsp3) is 0.600. The molecule has 114 valence electrons. The first-order valence-electron chi connectivity index (χ1n) is 7.57. The van der Waals surface area contributed by atoms with Gasteiger partial charge in [0, 0.05) is 11.4 Å². The predicted molar refractivity (Wildman–Crippen MR) is 88.2 cm³/mol. The molecule has 21 heavy (non-hydrogen) atoms. The van der Waals surface area contributed by atoms with Crippen LogP contribution in [-0.4, -0.2) is 33.8 Å². The maximum atomic E-state index is 9.81. The molecule has 5 nitrogen and oxygen atoms in total. The molecule has 3 N–H and O–H groups in total. The minimum Gasteiger partial charge on any atom is -0.394 e. The molecule has 0 aromatic carbocycles.